The number of benzene rings is 3. The average molecular weight is 551 g/mol. The van der Waals surface area contributed by atoms with Gasteiger partial charge in [-0.15, -0.1) is 0 Å². The molecule has 0 spiro atoms. The van der Waals surface area contributed by atoms with Crippen molar-refractivity contribution in [2.24, 2.45) is 0 Å². The van der Waals surface area contributed by atoms with E-state index in [1.165, 1.54) is 7.11 Å². The van der Waals surface area contributed by atoms with Crippen LogP contribution >= 0.6 is 15.9 Å². The van der Waals surface area contributed by atoms with Gasteiger partial charge in [-0.05, 0) is 36.3 Å². The maximum absolute atomic E-state index is 13.9. The van der Waals surface area contributed by atoms with Crippen LogP contribution in [0, 0.1) is 0 Å². The Morgan fingerprint density at radius 3 is 2.17 bits per heavy atom. The van der Waals surface area contributed by atoms with Gasteiger partial charge in [-0.2, -0.15) is 0 Å². The Morgan fingerprint density at radius 2 is 1.56 bits per heavy atom. The van der Waals surface area contributed by atoms with Crippen LogP contribution in [-0.4, -0.2) is 31.3 Å². The van der Waals surface area contributed by atoms with Crippen molar-refractivity contribution in [3.05, 3.63) is 118 Å². The van der Waals surface area contributed by atoms with E-state index < -0.39 is 29.7 Å². The Hall–Kier alpha value is -3.42. The van der Waals surface area contributed by atoms with Crippen LogP contribution in [0.25, 0.3) is 0 Å². The molecule has 0 unspecified atom stereocenters. The molecule has 1 aliphatic heterocycles. The molecule has 0 bridgehead atoms. The van der Waals surface area contributed by atoms with E-state index in [9.17, 15) is 9.59 Å². The normalized spacial score (nSPS) is 21.5. The molecule has 0 fully saturated rings. The minimum atomic E-state index is -1.55. The number of rotatable bonds is 7. The summed E-state index contributed by atoms with van der Waals surface area (Å²) in [6.07, 6.45) is 0.730. The fraction of sp³-hybridized carbons (Fsp3) is 0.241. The second-order valence-corrected chi connectivity index (χ2v) is 9.22. The van der Waals surface area contributed by atoms with Crippen molar-refractivity contribution in [1.82, 2.24) is 0 Å². The van der Waals surface area contributed by atoms with Crippen molar-refractivity contribution >= 4 is 27.9 Å². The SMILES string of the molecule is CCOC(=O)[C@]1(Cc2ccccc2)O[C@@H](c2ccccc2)OC(C(=O)OC)=C[C@H]1c1ccc(Br)cc1. The minimum Gasteiger partial charge on any atom is -0.464 e. The zero-order valence-corrected chi connectivity index (χ0v) is 21.6. The smallest absolute Gasteiger partial charge is 0.373 e. The molecule has 0 amide bonds. The minimum absolute atomic E-state index is 0.0430. The molecule has 7 heteroatoms. The molecular weight excluding hydrogens is 524 g/mol. The van der Waals surface area contributed by atoms with E-state index >= 15 is 0 Å². The molecule has 186 valence electrons. The van der Waals surface area contributed by atoms with Gasteiger partial charge in [0, 0.05) is 22.4 Å². The van der Waals surface area contributed by atoms with Crippen LogP contribution in [0.2, 0.25) is 0 Å². The van der Waals surface area contributed by atoms with E-state index in [1.54, 1.807) is 13.0 Å². The summed E-state index contributed by atoms with van der Waals surface area (Å²) in [4.78, 5) is 26.7. The molecule has 3 aromatic rings. The molecule has 1 aliphatic rings. The van der Waals surface area contributed by atoms with Crippen LogP contribution in [0.1, 0.15) is 35.8 Å². The van der Waals surface area contributed by atoms with Gasteiger partial charge in [0.05, 0.1) is 13.7 Å². The summed E-state index contributed by atoms with van der Waals surface area (Å²) >= 11 is 3.47. The lowest BCUT2D eigenvalue weighted by Gasteiger charge is -2.38. The van der Waals surface area contributed by atoms with Gasteiger partial charge in [0.15, 0.2) is 5.60 Å². The first-order chi connectivity index (χ1) is 17.5. The quantitative estimate of drug-likeness (QED) is 0.342. The highest BCUT2D eigenvalue weighted by molar-refractivity contribution is 9.10. The van der Waals surface area contributed by atoms with E-state index in [0.717, 1.165) is 15.6 Å². The van der Waals surface area contributed by atoms with Crippen LogP contribution in [0.5, 0.6) is 0 Å². The number of halogens is 1. The molecule has 0 saturated carbocycles. The monoisotopic (exact) mass is 550 g/mol. The first-order valence-electron chi connectivity index (χ1n) is 11.6. The number of carbonyl (C=O) groups excluding carboxylic acids is 2. The topological polar surface area (TPSA) is 71.1 Å². The van der Waals surface area contributed by atoms with Crippen LogP contribution in [-0.2, 0) is 35.0 Å². The van der Waals surface area contributed by atoms with E-state index in [0.29, 0.717) is 5.56 Å². The molecule has 1 heterocycles. The lowest BCUT2D eigenvalue weighted by Crippen LogP contribution is -2.50. The van der Waals surface area contributed by atoms with E-state index in [1.807, 2.05) is 84.9 Å². The number of hydrogen-bond donors (Lipinski definition) is 0. The maximum atomic E-state index is 13.9. The summed E-state index contributed by atoms with van der Waals surface area (Å²) in [6.45, 7) is 1.91. The Morgan fingerprint density at radius 1 is 0.917 bits per heavy atom. The Balaban J connectivity index is 1.97. The zero-order valence-electron chi connectivity index (χ0n) is 20.1. The van der Waals surface area contributed by atoms with E-state index in [2.05, 4.69) is 15.9 Å². The Labute approximate surface area is 219 Å². The van der Waals surface area contributed by atoms with Crippen molar-refractivity contribution in [1.29, 1.82) is 0 Å². The number of carbonyl (C=O) groups is 2. The fourth-order valence-corrected chi connectivity index (χ4v) is 4.54. The molecule has 0 saturated heterocycles. The van der Waals surface area contributed by atoms with Gasteiger partial charge in [-0.3, -0.25) is 0 Å². The Bertz CT molecular complexity index is 1210. The fourth-order valence-electron chi connectivity index (χ4n) is 4.28. The van der Waals surface area contributed by atoms with Crippen LogP contribution in [0.3, 0.4) is 0 Å². The standard InChI is InChI=1S/C29H27BrO6/c1-3-34-28(32)29(19-20-10-6-4-7-11-20)24(21-14-16-23(30)17-15-21)18-25(26(31)33-2)35-27(36-29)22-12-8-5-9-13-22/h4-18,24,27H,3,19H2,1-2H3/t24-,27-,29+/m0/s1. The molecule has 3 aromatic carbocycles. The summed E-state index contributed by atoms with van der Waals surface area (Å²) in [7, 11) is 1.28. The largest absolute Gasteiger partial charge is 0.464 e. The number of hydrogen-bond acceptors (Lipinski definition) is 6. The predicted octanol–water partition coefficient (Wildman–Crippen LogP) is 5.88. The van der Waals surface area contributed by atoms with Crippen LogP contribution in [0.15, 0.2) is 101 Å². The van der Waals surface area contributed by atoms with Crippen LogP contribution < -0.4 is 0 Å². The molecule has 3 atom stereocenters. The van der Waals surface area contributed by atoms with Gasteiger partial charge in [0.25, 0.3) is 0 Å². The molecule has 6 nitrogen and oxygen atoms in total. The van der Waals surface area contributed by atoms with Crippen molar-refractivity contribution in [3.8, 4) is 0 Å². The van der Waals surface area contributed by atoms with Gasteiger partial charge in [0.2, 0.25) is 12.0 Å². The summed E-state index contributed by atoms with van der Waals surface area (Å²) in [6, 6.07) is 26.3. The number of methoxy groups -OCH3 is 1. The third-order valence-corrected chi connectivity index (χ3v) is 6.52. The van der Waals surface area contributed by atoms with E-state index in [4.69, 9.17) is 18.9 Å². The molecular formula is C29H27BrO6. The van der Waals surface area contributed by atoms with Gasteiger partial charge < -0.3 is 18.9 Å². The van der Waals surface area contributed by atoms with Gasteiger partial charge in [-0.25, -0.2) is 9.59 Å². The zero-order chi connectivity index (χ0) is 25.5. The summed E-state index contributed by atoms with van der Waals surface area (Å²) in [5.74, 6) is -1.99. The summed E-state index contributed by atoms with van der Waals surface area (Å²) in [5.41, 5.74) is 0.711. The highest BCUT2D eigenvalue weighted by Gasteiger charge is 2.53. The number of ether oxygens (including phenoxy) is 4. The summed E-state index contributed by atoms with van der Waals surface area (Å²) in [5, 5.41) is 0. The predicted molar refractivity (Wildman–Crippen MR) is 138 cm³/mol. The molecule has 0 aromatic heterocycles. The molecule has 0 N–H and O–H groups in total. The Kier molecular flexibility index (Phi) is 8.23. The first-order valence-corrected chi connectivity index (χ1v) is 12.4. The molecule has 36 heavy (non-hydrogen) atoms. The lowest BCUT2D eigenvalue weighted by atomic mass is 9.77. The third kappa shape index (κ3) is 5.53. The lowest BCUT2D eigenvalue weighted by molar-refractivity contribution is -0.217. The average Bonchev–Trinajstić information content (AvgIpc) is 3.08. The summed E-state index contributed by atoms with van der Waals surface area (Å²) < 4.78 is 24.3. The van der Waals surface area contributed by atoms with Gasteiger partial charge in [-0.1, -0.05) is 88.7 Å². The third-order valence-electron chi connectivity index (χ3n) is 5.99. The van der Waals surface area contributed by atoms with Crippen molar-refractivity contribution < 1.29 is 28.5 Å². The van der Waals surface area contributed by atoms with Crippen LogP contribution in [0.4, 0.5) is 0 Å². The second-order valence-electron chi connectivity index (χ2n) is 8.30. The number of esters is 2. The van der Waals surface area contributed by atoms with E-state index in [-0.39, 0.29) is 18.8 Å². The van der Waals surface area contributed by atoms with Crippen molar-refractivity contribution in [3.63, 3.8) is 0 Å². The highest BCUT2D eigenvalue weighted by atomic mass is 79.9. The van der Waals surface area contributed by atoms with Crippen molar-refractivity contribution in [2.45, 2.75) is 31.2 Å². The molecule has 4 rings (SSSR count). The molecule has 0 aliphatic carbocycles. The second kappa shape index (κ2) is 11.5. The first kappa shape index (κ1) is 25.7. The maximum Gasteiger partial charge on any atom is 0.373 e. The van der Waals surface area contributed by atoms with Gasteiger partial charge in [0.1, 0.15) is 0 Å². The highest BCUT2D eigenvalue weighted by Crippen LogP contribution is 2.45. The van der Waals surface area contributed by atoms with Crippen molar-refractivity contribution in [2.75, 3.05) is 13.7 Å². The van der Waals surface area contributed by atoms with Gasteiger partial charge >= 0.3 is 11.9 Å². The molecule has 0 radical (unpaired) electrons.